The van der Waals surface area contributed by atoms with Crippen molar-refractivity contribution in [2.75, 3.05) is 32.0 Å². The van der Waals surface area contributed by atoms with Crippen molar-refractivity contribution in [3.05, 3.63) is 65.9 Å². The number of aryl methyl sites for hydroxylation is 1. The van der Waals surface area contributed by atoms with E-state index < -0.39 is 0 Å². The van der Waals surface area contributed by atoms with Gasteiger partial charge in [0.2, 0.25) is 0 Å². The number of pyridine rings is 1. The Morgan fingerprint density at radius 1 is 0.862 bits per heavy atom. The molecule has 0 saturated heterocycles. The van der Waals surface area contributed by atoms with Crippen molar-refractivity contribution < 1.29 is 19.0 Å². The van der Waals surface area contributed by atoms with Crippen LogP contribution in [0.15, 0.2) is 54.7 Å². The number of carbonyl (C=O) groups excluding carboxylic acids is 1. The quantitative estimate of drug-likeness (QED) is 0.619. The summed E-state index contributed by atoms with van der Waals surface area (Å²) in [6, 6.07) is 14.4. The smallest absolute Gasteiger partial charge is 0.257 e. The highest BCUT2D eigenvalue weighted by Crippen LogP contribution is 2.31. The zero-order valence-corrected chi connectivity index (χ0v) is 16.8. The Bertz CT molecular complexity index is 1000. The van der Waals surface area contributed by atoms with E-state index in [1.807, 2.05) is 37.3 Å². The Morgan fingerprint density at radius 3 is 2.24 bits per heavy atom. The summed E-state index contributed by atoms with van der Waals surface area (Å²) < 4.78 is 15.9. The lowest BCUT2D eigenvalue weighted by Gasteiger charge is -2.13. The van der Waals surface area contributed by atoms with Crippen LogP contribution >= 0.6 is 0 Å². The van der Waals surface area contributed by atoms with E-state index in [0.29, 0.717) is 40.0 Å². The highest BCUT2D eigenvalue weighted by Gasteiger charge is 2.12. The largest absolute Gasteiger partial charge is 0.497 e. The predicted molar refractivity (Wildman–Crippen MR) is 113 cm³/mol. The Kier molecular flexibility index (Phi) is 6.19. The Labute approximate surface area is 169 Å². The molecule has 0 atom stereocenters. The van der Waals surface area contributed by atoms with Crippen LogP contribution in [-0.4, -0.2) is 32.2 Å². The number of hydrogen-bond acceptors (Lipinski definition) is 6. The van der Waals surface area contributed by atoms with Gasteiger partial charge >= 0.3 is 0 Å². The monoisotopic (exact) mass is 393 g/mol. The molecule has 0 bridgehead atoms. The normalized spacial score (nSPS) is 10.2. The van der Waals surface area contributed by atoms with Crippen molar-refractivity contribution in [1.29, 1.82) is 0 Å². The van der Waals surface area contributed by atoms with E-state index in [2.05, 4.69) is 15.6 Å². The van der Waals surface area contributed by atoms with Gasteiger partial charge in [-0.2, -0.15) is 0 Å². The van der Waals surface area contributed by atoms with Crippen LogP contribution < -0.4 is 24.8 Å². The molecule has 2 N–H and O–H groups in total. The van der Waals surface area contributed by atoms with Crippen LogP contribution in [0.25, 0.3) is 0 Å². The minimum absolute atomic E-state index is 0.271. The molecule has 1 amide bonds. The maximum Gasteiger partial charge on any atom is 0.257 e. The van der Waals surface area contributed by atoms with Crippen molar-refractivity contribution in [1.82, 2.24) is 4.98 Å². The first-order valence-electron chi connectivity index (χ1n) is 8.95. The molecule has 7 nitrogen and oxygen atoms in total. The van der Waals surface area contributed by atoms with Gasteiger partial charge in [0.15, 0.2) is 0 Å². The first kappa shape index (κ1) is 20.0. The van der Waals surface area contributed by atoms with Gasteiger partial charge < -0.3 is 24.8 Å². The summed E-state index contributed by atoms with van der Waals surface area (Å²) in [5, 5.41) is 6.03. The third kappa shape index (κ3) is 4.76. The van der Waals surface area contributed by atoms with E-state index in [-0.39, 0.29) is 5.91 Å². The molecule has 0 fully saturated rings. The number of aromatic nitrogens is 1. The molecule has 29 heavy (non-hydrogen) atoms. The maximum absolute atomic E-state index is 12.6. The molecule has 7 heteroatoms. The molecule has 0 spiro atoms. The van der Waals surface area contributed by atoms with Gasteiger partial charge in [-0.15, -0.1) is 0 Å². The lowest BCUT2D eigenvalue weighted by atomic mass is 10.2. The summed E-state index contributed by atoms with van der Waals surface area (Å²) in [5.74, 6) is 2.24. The van der Waals surface area contributed by atoms with Crippen LogP contribution in [0.5, 0.6) is 17.2 Å². The fourth-order valence-corrected chi connectivity index (χ4v) is 2.77. The minimum atomic E-state index is -0.271. The van der Waals surface area contributed by atoms with Crippen molar-refractivity contribution in [2.45, 2.75) is 6.92 Å². The number of hydrogen-bond donors (Lipinski definition) is 2. The molecule has 1 aromatic heterocycles. The molecule has 1 heterocycles. The van der Waals surface area contributed by atoms with Gasteiger partial charge in [-0.1, -0.05) is 6.07 Å². The number of methoxy groups -OCH3 is 3. The van der Waals surface area contributed by atoms with Crippen LogP contribution in [-0.2, 0) is 0 Å². The zero-order chi connectivity index (χ0) is 20.8. The number of benzene rings is 2. The second kappa shape index (κ2) is 8.97. The van der Waals surface area contributed by atoms with Crippen LogP contribution in [0, 0.1) is 6.92 Å². The molecule has 0 aliphatic heterocycles. The topological polar surface area (TPSA) is 81.7 Å². The molecular weight excluding hydrogens is 370 g/mol. The lowest BCUT2D eigenvalue weighted by Crippen LogP contribution is -2.13. The summed E-state index contributed by atoms with van der Waals surface area (Å²) in [6.45, 7) is 1.95. The van der Waals surface area contributed by atoms with Crippen molar-refractivity contribution in [3.63, 3.8) is 0 Å². The summed E-state index contributed by atoms with van der Waals surface area (Å²) in [5.41, 5.74) is 2.77. The van der Waals surface area contributed by atoms with Gasteiger partial charge in [0.05, 0.1) is 38.3 Å². The van der Waals surface area contributed by atoms with Crippen molar-refractivity contribution in [2.24, 2.45) is 0 Å². The average Bonchev–Trinajstić information content (AvgIpc) is 2.74. The maximum atomic E-state index is 12.6. The molecular formula is C22H23N3O4. The van der Waals surface area contributed by atoms with Gasteiger partial charge in [0.25, 0.3) is 5.91 Å². The fraction of sp³-hybridized carbons (Fsp3) is 0.182. The molecule has 0 saturated carbocycles. The molecule has 2 aromatic carbocycles. The van der Waals surface area contributed by atoms with Crippen LogP contribution in [0.4, 0.5) is 17.2 Å². The highest BCUT2D eigenvalue weighted by molar-refractivity contribution is 6.05. The summed E-state index contributed by atoms with van der Waals surface area (Å²) in [4.78, 5) is 16.9. The van der Waals surface area contributed by atoms with Gasteiger partial charge in [0.1, 0.15) is 23.1 Å². The third-order valence-electron chi connectivity index (χ3n) is 4.30. The van der Waals surface area contributed by atoms with Crippen LogP contribution in [0.2, 0.25) is 0 Å². The number of amides is 1. The summed E-state index contributed by atoms with van der Waals surface area (Å²) in [7, 11) is 4.75. The molecule has 150 valence electrons. The number of ether oxygens (including phenoxy) is 3. The number of nitrogens with one attached hydrogen (secondary N) is 2. The zero-order valence-electron chi connectivity index (χ0n) is 16.8. The van der Waals surface area contributed by atoms with E-state index in [4.69, 9.17) is 14.2 Å². The predicted octanol–water partition coefficient (Wildman–Crippen LogP) is 4.41. The second-order valence-electron chi connectivity index (χ2n) is 6.28. The van der Waals surface area contributed by atoms with Gasteiger partial charge in [0, 0.05) is 12.3 Å². The first-order valence-corrected chi connectivity index (χ1v) is 8.95. The fourth-order valence-electron chi connectivity index (χ4n) is 2.77. The van der Waals surface area contributed by atoms with Crippen LogP contribution in [0.3, 0.4) is 0 Å². The summed E-state index contributed by atoms with van der Waals surface area (Å²) in [6.07, 6.45) is 1.51. The van der Waals surface area contributed by atoms with E-state index in [1.165, 1.54) is 6.20 Å². The lowest BCUT2D eigenvalue weighted by molar-refractivity contribution is 0.102. The number of rotatable bonds is 7. The van der Waals surface area contributed by atoms with Gasteiger partial charge in [-0.3, -0.25) is 4.79 Å². The first-order chi connectivity index (χ1) is 14.0. The molecule has 0 aliphatic carbocycles. The molecule has 3 rings (SSSR count). The third-order valence-corrected chi connectivity index (χ3v) is 4.30. The van der Waals surface area contributed by atoms with Crippen molar-refractivity contribution >= 4 is 23.1 Å². The van der Waals surface area contributed by atoms with Gasteiger partial charge in [-0.25, -0.2) is 4.98 Å². The average molecular weight is 393 g/mol. The Morgan fingerprint density at radius 2 is 1.59 bits per heavy atom. The molecule has 0 radical (unpaired) electrons. The molecule has 0 aliphatic rings. The van der Waals surface area contributed by atoms with E-state index in [1.54, 1.807) is 39.5 Å². The molecule has 3 aromatic rings. The number of carbonyl (C=O) groups is 1. The van der Waals surface area contributed by atoms with Crippen molar-refractivity contribution in [3.8, 4) is 17.2 Å². The number of nitrogens with zero attached hydrogens (tertiary/aromatic N) is 1. The summed E-state index contributed by atoms with van der Waals surface area (Å²) >= 11 is 0. The number of anilines is 3. The second-order valence-corrected chi connectivity index (χ2v) is 6.28. The van der Waals surface area contributed by atoms with Gasteiger partial charge in [-0.05, 0) is 48.9 Å². The van der Waals surface area contributed by atoms with E-state index in [9.17, 15) is 4.79 Å². The minimum Gasteiger partial charge on any atom is -0.497 e. The Balaban J connectivity index is 1.75. The SMILES string of the molecule is COc1ccc(OC)c(Nc2ccc(C(=O)Nc3cc(C)ccc3OC)cn2)c1. The van der Waals surface area contributed by atoms with Crippen LogP contribution in [0.1, 0.15) is 15.9 Å². The van der Waals surface area contributed by atoms with E-state index >= 15 is 0 Å². The standard InChI is InChI=1S/C22H23N3O4/c1-14-5-8-19(28-3)17(11-14)25-22(26)15-6-10-21(23-13-15)24-18-12-16(27-2)7-9-20(18)29-4/h5-13H,1-4H3,(H,23,24)(H,25,26). The highest BCUT2D eigenvalue weighted by atomic mass is 16.5. The Hall–Kier alpha value is -3.74. The van der Waals surface area contributed by atoms with E-state index in [0.717, 1.165) is 5.56 Å². The molecule has 0 unspecified atom stereocenters.